The Bertz CT molecular complexity index is 1820. The molecule has 0 saturated carbocycles. The summed E-state index contributed by atoms with van der Waals surface area (Å²) in [6.45, 7) is 1.98. The van der Waals surface area contributed by atoms with E-state index in [1.54, 1.807) is 49.6 Å². The van der Waals surface area contributed by atoms with Crippen molar-refractivity contribution in [1.29, 1.82) is 0 Å². The van der Waals surface area contributed by atoms with Gasteiger partial charge in [0.1, 0.15) is 11.4 Å². The average molecular weight is 635 g/mol. The number of methoxy groups -OCH3 is 1. The Morgan fingerprint density at radius 2 is 1.58 bits per heavy atom. The van der Waals surface area contributed by atoms with Gasteiger partial charge in [-0.1, -0.05) is 60.2 Å². The van der Waals surface area contributed by atoms with Gasteiger partial charge in [-0.3, -0.25) is 14.4 Å². The van der Waals surface area contributed by atoms with Crippen LogP contribution < -0.4 is 20.7 Å². The Hall–Kier alpha value is -5.19. The number of nitrogens with zero attached hydrogens (tertiary/aromatic N) is 1. The molecule has 3 N–H and O–H groups in total. The maximum Gasteiger partial charge on any atom is 0.272 e. The van der Waals surface area contributed by atoms with Crippen LogP contribution >= 0.6 is 23.1 Å². The van der Waals surface area contributed by atoms with Crippen molar-refractivity contribution in [3.8, 4) is 17.0 Å². The van der Waals surface area contributed by atoms with E-state index in [0.717, 1.165) is 27.3 Å². The van der Waals surface area contributed by atoms with Crippen LogP contribution in [0.4, 0.5) is 10.8 Å². The Kier molecular flexibility index (Phi) is 10.4. The van der Waals surface area contributed by atoms with Crippen molar-refractivity contribution in [3.63, 3.8) is 0 Å². The summed E-state index contributed by atoms with van der Waals surface area (Å²) < 4.78 is 5.41. The minimum atomic E-state index is -0.462. The molecule has 0 fully saturated rings. The first-order chi connectivity index (χ1) is 21.9. The van der Waals surface area contributed by atoms with Gasteiger partial charge in [0.15, 0.2) is 5.13 Å². The molecule has 0 unspecified atom stereocenters. The second kappa shape index (κ2) is 15.0. The second-order valence-corrected chi connectivity index (χ2v) is 11.7. The number of ether oxygens (including phenoxy) is 1. The maximum atomic E-state index is 13.3. The van der Waals surface area contributed by atoms with E-state index in [0.29, 0.717) is 22.1 Å². The average Bonchev–Trinajstić information content (AvgIpc) is 3.53. The Morgan fingerprint density at radius 3 is 2.31 bits per heavy atom. The van der Waals surface area contributed by atoms with Crippen molar-refractivity contribution in [1.82, 2.24) is 10.3 Å². The summed E-state index contributed by atoms with van der Waals surface area (Å²) >= 11 is 2.71. The molecule has 226 valence electrons. The van der Waals surface area contributed by atoms with Crippen LogP contribution in [0.2, 0.25) is 0 Å². The molecule has 4 aromatic carbocycles. The lowest BCUT2D eigenvalue weighted by molar-refractivity contribution is -0.114. The van der Waals surface area contributed by atoms with Gasteiger partial charge in [0.25, 0.3) is 11.8 Å². The van der Waals surface area contributed by atoms with Crippen molar-refractivity contribution < 1.29 is 19.1 Å². The molecule has 5 rings (SSSR count). The molecule has 1 heterocycles. The van der Waals surface area contributed by atoms with Crippen molar-refractivity contribution >= 4 is 57.7 Å². The molecule has 0 aliphatic carbocycles. The number of hydrogen-bond acceptors (Lipinski definition) is 7. The van der Waals surface area contributed by atoms with Crippen molar-refractivity contribution in [3.05, 3.63) is 131 Å². The zero-order valence-electron chi connectivity index (χ0n) is 24.6. The third-order valence-electron chi connectivity index (χ3n) is 6.53. The molecule has 0 atom stereocenters. The second-order valence-electron chi connectivity index (χ2n) is 9.84. The standard InChI is InChI=1S/C35H30N4O4S2/c1-23-12-14-24(15-13-23)20-29(37-33(41)25-8-4-3-5-9-25)34(42)36-26-16-18-27(19-17-26)44-22-32(40)39-35-38-30(21-45-35)28-10-6-7-11-31(28)43-2/h3-21H,22H2,1-2H3,(H,36,42)(H,37,41)(H,38,39,40)/b29-20-. The molecule has 0 aliphatic rings. The molecular formula is C35H30N4O4S2. The summed E-state index contributed by atoms with van der Waals surface area (Å²) in [6.07, 6.45) is 1.64. The number of para-hydroxylation sites is 1. The van der Waals surface area contributed by atoms with Gasteiger partial charge in [-0.05, 0) is 67.1 Å². The molecule has 3 amide bonds. The summed E-state index contributed by atoms with van der Waals surface area (Å²) in [5.74, 6) is -0.132. The fourth-order valence-corrected chi connectivity index (χ4v) is 5.65. The van der Waals surface area contributed by atoms with Gasteiger partial charge in [0.05, 0.1) is 18.6 Å². The van der Waals surface area contributed by atoms with Crippen LogP contribution in [0.3, 0.4) is 0 Å². The molecule has 45 heavy (non-hydrogen) atoms. The number of thioether (sulfide) groups is 1. The molecule has 0 spiro atoms. The van der Waals surface area contributed by atoms with Crippen molar-refractivity contribution in [2.75, 3.05) is 23.5 Å². The molecule has 8 nitrogen and oxygen atoms in total. The van der Waals surface area contributed by atoms with Gasteiger partial charge < -0.3 is 20.7 Å². The van der Waals surface area contributed by atoms with E-state index in [2.05, 4.69) is 20.9 Å². The summed E-state index contributed by atoms with van der Waals surface area (Å²) in [7, 11) is 1.61. The van der Waals surface area contributed by atoms with Crippen LogP contribution in [0.1, 0.15) is 21.5 Å². The first-order valence-corrected chi connectivity index (χ1v) is 15.8. The lowest BCUT2D eigenvalue weighted by Gasteiger charge is -2.12. The fourth-order valence-electron chi connectivity index (χ4n) is 4.22. The summed E-state index contributed by atoms with van der Waals surface area (Å²) in [5, 5.41) is 10.8. The number of carbonyl (C=O) groups is 3. The molecule has 0 saturated heterocycles. The van der Waals surface area contributed by atoms with Crippen LogP contribution in [0.25, 0.3) is 17.3 Å². The number of carbonyl (C=O) groups excluding carboxylic acids is 3. The van der Waals surface area contributed by atoms with Crippen molar-refractivity contribution in [2.24, 2.45) is 0 Å². The van der Waals surface area contributed by atoms with Gasteiger partial charge in [-0.15, -0.1) is 23.1 Å². The minimum absolute atomic E-state index is 0.110. The highest BCUT2D eigenvalue weighted by Gasteiger charge is 2.16. The van der Waals surface area contributed by atoms with Crippen LogP contribution in [0.15, 0.2) is 119 Å². The number of anilines is 2. The number of hydrogen-bond donors (Lipinski definition) is 3. The quantitative estimate of drug-likeness (QED) is 0.104. The zero-order chi connectivity index (χ0) is 31.6. The molecule has 0 bridgehead atoms. The molecule has 0 radical (unpaired) electrons. The predicted molar refractivity (Wildman–Crippen MR) is 182 cm³/mol. The predicted octanol–water partition coefficient (Wildman–Crippen LogP) is 7.27. The normalized spacial score (nSPS) is 11.0. The topological polar surface area (TPSA) is 109 Å². The van der Waals surface area contributed by atoms with Gasteiger partial charge in [-0.2, -0.15) is 0 Å². The highest BCUT2D eigenvalue weighted by molar-refractivity contribution is 8.00. The summed E-state index contributed by atoms with van der Waals surface area (Å²) in [5.41, 5.74) is 4.55. The Balaban J connectivity index is 1.18. The van der Waals surface area contributed by atoms with Crippen LogP contribution in [0.5, 0.6) is 5.75 Å². The van der Waals surface area contributed by atoms with Crippen LogP contribution in [-0.2, 0) is 9.59 Å². The number of thiazole rings is 1. The number of aryl methyl sites for hydroxylation is 1. The smallest absolute Gasteiger partial charge is 0.272 e. The fraction of sp³-hybridized carbons (Fsp3) is 0.0857. The van der Waals surface area contributed by atoms with E-state index >= 15 is 0 Å². The SMILES string of the molecule is COc1ccccc1-c1csc(NC(=O)CSc2ccc(NC(=O)/C(=C/c3ccc(C)cc3)NC(=O)c3ccccc3)cc2)n1. The maximum absolute atomic E-state index is 13.3. The summed E-state index contributed by atoms with van der Waals surface area (Å²) in [4.78, 5) is 44.1. The number of amides is 3. The van der Waals surface area contributed by atoms with E-state index in [4.69, 9.17) is 4.74 Å². The van der Waals surface area contributed by atoms with Crippen LogP contribution in [-0.4, -0.2) is 35.6 Å². The molecular weight excluding hydrogens is 605 g/mol. The first-order valence-electron chi connectivity index (χ1n) is 14.0. The highest BCUT2D eigenvalue weighted by atomic mass is 32.2. The monoisotopic (exact) mass is 634 g/mol. The van der Waals surface area contributed by atoms with E-state index in [9.17, 15) is 14.4 Å². The van der Waals surface area contributed by atoms with Crippen LogP contribution in [0, 0.1) is 6.92 Å². The number of benzene rings is 4. The molecule has 5 aromatic rings. The van der Waals surface area contributed by atoms with E-state index in [1.165, 1.54) is 23.1 Å². The zero-order valence-corrected chi connectivity index (χ0v) is 26.2. The van der Waals surface area contributed by atoms with Crippen molar-refractivity contribution in [2.45, 2.75) is 11.8 Å². The molecule has 10 heteroatoms. The van der Waals surface area contributed by atoms with E-state index < -0.39 is 5.91 Å². The third-order valence-corrected chi connectivity index (χ3v) is 8.30. The largest absolute Gasteiger partial charge is 0.496 e. The van der Waals surface area contributed by atoms with E-state index in [-0.39, 0.29) is 23.3 Å². The number of nitrogens with one attached hydrogen (secondary N) is 3. The van der Waals surface area contributed by atoms with Gasteiger partial charge in [0.2, 0.25) is 5.91 Å². The number of aromatic nitrogens is 1. The minimum Gasteiger partial charge on any atom is -0.496 e. The lowest BCUT2D eigenvalue weighted by Crippen LogP contribution is -2.30. The van der Waals surface area contributed by atoms with Gasteiger partial charge in [0, 0.05) is 27.1 Å². The number of rotatable bonds is 11. The lowest BCUT2D eigenvalue weighted by atomic mass is 10.1. The molecule has 0 aliphatic heterocycles. The third kappa shape index (κ3) is 8.69. The van der Waals surface area contributed by atoms with Gasteiger partial charge in [-0.25, -0.2) is 4.98 Å². The summed E-state index contributed by atoms with van der Waals surface area (Å²) in [6, 6.07) is 31.1. The highest BCUT2D eigenvalue weighted by Crippen LogP contribution is 2.32. The first kappa shape index (κ1) is 31.2. The molecule has 1 aromatic heterocycles. The van der Waals surface area contributed by atoms with Gasteiger partial charge >= 0.3 is 0 Å². The Labute approximate surface area is 269 Å². The van der Waals surface area contributed by atoms with E-state index in [1.807, 2.05) is 79.0 Å². The Morgan fingerprint density at radius 1 is 0.867 bits per heavy atom.